The number of nitrogens with one attached hydrogen (secondary N) is 2. The smallest absolute Gasteiger partial charge is 0.475 e. The number of benzene rings is 2. The van der Waals surface area contributed by atoms with Crippen LogP contribution in [0.3, 0.4) is 0 Å². The van der Waals surface area contributed by atoms with Crippen molar-refractivity contribution in [1.82, 2.24) is 15.5 Å². The highest BCUT2D eigenvalue weighted by atomic mass is 19.4. The topological polar surface area (TPSA) is 108 Å². The number of carboxylic acid groups (broad SMARTS) is 1. The van der Waals surface area contributed by atoms with E-state index in [0.717, 1.165) is 54.9 Å². The third-order valence-corrected chi connectivity index (χ3v) is 6.31. The molecule has 1 amide bonds. The van der Waals surface area contributed by atoms with E-state index in [1.807, 2.05) is 36.4 Å². The quantitative estimate of drug-likeness (QED) is 0.511. The van der Waals surface area contributed by atoms with Gasteiger partial charge in [0.15, 0.2) is 0 Å². The van der Waals surface area contributed by atoms with Gasteiger partial charge in [0.05, 0.1) is 0 Å². The number of halogens is 3. The lowest BCUT2D eigenvalue weighted by Crippen LogP contribution is -2.54. The second-order valence-corrected chi connectivity index (χ2v) is 8.65. The van der Waals surface area contributed by atoms with Gasteiger partial charge < -0.3 is 21.5 Å². The summed E-state index contributed by atoms with van der Waals surface area (Å²) >= 11 is 0. The molecule has 2 atom stereocenters. The Morgan fingerprint density at radius 3 is 2.31 bits per heavy atom. The first-order valence-corrected chi connectivity index (χ1v) is 11.6. The van der Waals surface area contributed by atoms with Gasteiger partial charge in [-0.05, 0) is 48.1 Å². The van der Waals surface area contributed by atoms with Gasteiger partial charge in [0.1, 0.15) is 0 Å². The van der Waals surface area contributed by atoms with E-state index < -0.39 is 12.1 Å². The number of nitrogens with two attached hydrogens (primary N) is 1. The Morgan fingerprint density at radius 2 is 1.71 bits per heavy atom. The van der Waals surface area contributed by atoms with E-state index in [0.29, 0.717) is 12.6 Å². The molecule has 0 radical (unpaired) electrons. The molecule has 0 unspecified atom stereocenters. The first kappa shape index (κ1) is 26.7. The third kappa shape index (κ3) is 7.51. The number of hydrogen-bond donors (Lipinski definition) is 4. The normalized spacial score (nSPS) is 20.6. The van der Waals surface area contributed by atoms with Crippen LogP contribution in [0.1, 0.15) is 35.2 Å². The van der Waals surface area contributed by atoms with Crippen LogP contribution in [0.5, 0.6) is 0 Å². The lowest BCUT2D eigenvalue weighted by Gasteiger charge is -2.36. The molecule has 0 spiro atoms. The Hall–Kier alpha value is -2.95. The Bertz CT molecular complexity index is 992. The lowest BCUT2D eigenvalue weighted by molar-refractivity contribution is -0.192. The maximum Gasteiger partial charge on any atom is 0.490 e. The van der Waals surface area contributed by atoms with Gasteiger partial charge in [0.2, 0.25) is 0 Å². The highest BCUT2D eigenvalue weighted by molar-refractivity contribution is 5.95. The summed E-state index contributed by atoms with van der Waals surface area (Å²) in [5.41, 5.74) is 9.68. The molecule has 0 bridgehead atoms. The summed E-state index contributed by atoms with van der Waals surface area (Å²) in [6.45, 7) is 4.78. The number of hydrogen-bond acceptors (Lipinski definition) is 5. The van der Waals surface area contributed by atoms with E-state index in [-0.39, 0.29) is 11.9 Å². The molecule has 2 fully saturated rings. The zero-order valence-electron chi connectivity index (χ0n) is 19.4. The van der Waals surface area contributed by atoms with E-state index in [9.17, 15) is 18.0 Å². The van der Waals surface area contributed by atoms with Crippen molar-refractivity contribution in [3.05, 3.63) is 59.7 Å². The predicted octanol–water partition coefficient (Wildman–Crippen LogP) is 3.00. The largest absolute Gasteiger partial charge is 0.490 e. The summed E-state index contributed by atoms with van der Waals surface area (Å²) in [5.74, 6) is -2.72. The van der Waals surface area contributed by atoms with Gasteiger partial charge in [-0.3, -0.25) is 9.69 Å². The molecule has 2 aromatic rings. The van der Waals surface area contributed by atoms with Crippen LogP contribution >= 0.6 is 0 Å². The van der Waals surface area contributed by atoms with Crippen LogP contribution < -0.4 is 16.4 Å². The molecular formula is C25H31F3N4O3. The number of piperazine rings is 1. The van der Waals surface area contributed by atoms with E-state index in [1.54, 1.807) is 0 Å². The van der Waals surface area contributed by atoms with Gasteiger partial charge in [-0.25, -0.2) is 4.79 Å². The molecule has 35 heavy (non-hydrogen) atoms. The zero-order valence-corrected chi connectivity index (χ0v) is 19.4. The van der Waals surface area contributed by atoms with Crippen molar-refractivity contribution in [2.24, 2.45) is 5.73 Å². The van der Waals surface area contributed by atoms with Crippen molar-refractivity contribution in [3.8, 4) is 11.1 Å². The Balaban J connectivity index is 0.000000429. The van der Waals surface area contributed by atoms with Crippen molar-refractivity contribution in [3.63, 3.8) is 0 Å². The number of amides is 1. The van der Waals surface area contributed by atoms with Gasteiger partial charge in [-0.15, -0.1) is 0 Å². The third-order valence-electron chi connectivity index (χ3n) is 6.31. The SMILES string of the molecule is NCc1ccc(-c2cccc(C(=O)N[C@@H]3CCC[C@@H]3N3CCNCC3)c2)cc1.O=C(O)C(F)(F)F. The number of rotatable bonds is 5. The summed E-state index contributed by atoms with van der Waals surface area (Å²) < 4.78 is 31.7. The van der Waals surface area contributed by atoms with E-state index in [1.165, 1.54) is 12.8 Å². The zero-order chi connectivity index (χ0) is 25.4. The molecule has 5 N–H and O–H groups in total. The molecule has 190 valence electrons. The molecule has 0 aromatic heterocycles. The summed E-state index contributed by atoms with van der Waals surface area (Å²) in [6, 6.07) is 16.8. The van der Waals surface area contributed by atoms with Crippen LogP contribution in [0, 0.1) is 0 Å². The fraction of sp³-hybridized carbons (Fsp3) is 0.440. The van der Waals surface area contributed by atoms with E-state index in [4.69, 9.17) is 15.6 Å². The second-order valence-electron chi connectivity index (χ2n) is 8.65. The molecule has 7 nitrogen and oxygen atoms in total. The van der Waals surface area contributed by atoms with Crippen molar-refractivity contribution >= 4 is 11.9 Å². The second kappa shape index (κ2) is 12.1. The van der Waals surface area contributed by atoms with Crippen molar-refractivity contribution in [2.45, 2.75) is 44.1 Å². The number of aliphatic carboxylic acids is 1. The summed E-state index contributed by atoms with van der Waals surface area (Å²) in [5, 5.41) is 13.9. The molecule has 1 heterocycles. The molecule has 4 rings (SSSR count). The standard InChI is InChI=1S/C23H30N4O.C2HF3O2/c24-16-17-7-9-18(10-8-17)19-3-1-4-20(15-19)23(28)26-21-5-2-6-22(21)27-13-11-25-12-14-27;3-2(4,5)1(6)7/h1,3-4,7-10,15,21-22,25H,2,5-6,11-14,16,24H2,(H,26,28);(H,6,7)/t21-,22+;/m1./s1. The van der Waals surface area contributed by atoms with Crippen LogP contribution in [0.4, 0.5) is 13.2 Å². The summed E-state index contributed by atoms with van der Waals surface area (Å²) in [6.07, 6.45) is -1.65. The monoisotopic (exact) mass is 492 g/mol. The number of carbonyl (C=O) groups is 2. The summed E-state index contributed by atoms with van der Waals surface area (Å²) in [4.78, 5) is 24.4. The number of nitrogens with zero attached hydrogens (tertiary/aromatic N) is 1. The lowest BCUT2D eigenvalue weighted by atomic mass is 10.0. The number of carboxylic acids is 1. The first-order chi connectivity index (χ1) is 16.7. The minimum absolute atomic E-state index is 0.0347. The highest BCUT2D eigenvalue weighted by Crippen LogP contribution is 2.26. The van der Waals surface area contributed by atoms with Crippen LogP contribution in [0.15, 0.2) is 48.5 Å². The van der Waals surface area contributed by atoms with Crippen LogP contribution in [0.25, 0.3) is 11.1 Å². The fourth-order valence-corrected chi connectivity index (χ4v) is 4.48. The van der Waals surface area contributed by atoms with Crippen LogP contribution in [0.2, 0.25) is 0 Å². The van der Waals surface area contributed by atoms with E-state index in [2.05, 4.69) is 27.7 Å². The molecule has 2 aromatic carbocycles. The molecule has 1 saturated carbocycles. The Labute approximate surface area is 202 Å². The molecule has 10 heteroatoms. The average Bonchev–Trinajstić information content (AvgIpc) is 3.32. The van der Waals surface area contributed by atoms with Gasteiger partial charge in [0.25, 0.3) is 5.91 Å². The number of carbonyl (C=O) groups excluding carboxylic acids is 1. The Kier molecular flexibility index (Phi) is 9.25. The highest BCUT2D eigenvalue weighted by Gasteiger charge is 2.38. The molecular weight excluding hydrogens is 461 g/mol. The van der Waals surface area contributed by atoms with Gasteiger partial charge in [-0.2, -0.15) is 13.2 Å². The molecule has 2 aliphatic rings. The van der Waals surface area contributed by atoms with Gasteiger partial charge in [-0.1, -0.05) is 36.4 Å². The Morgan fingerprint density at radius 1 is 1.06 bits per heavy atom. The first-order valence-electron chi connectivity index (χ1n) is 11.6. The van der Waals surface area contributed by atoms with Crippen molar-refractivity contribution in [2.75, 3.05) is 26.2 Å². The average molecular weight is 493 g/mol. The van der Waals surface area contributed by atoms with Crippen molar-refractivity contribution in [1.29, 1.82) is 0 Å². The molecule has 1 aliphatic heterocycles. The number of alkyl halides is 3. The van der Waals surface area contributed by atoms with Gasteiger partial charge >= 0.3 is 12.1 Å². The maximum atomic E-state index is 13.0. The maximum absolute atomic E-state index is 13.0. The minimum atomic E-state index is -5.08. The van der Waals surface area contributed by atoms with E-state index >= 15 is 0 Å². The summed E-state index contributed by atoms with van der Waals surface area (Å²) in [7, 11) is 0. The van der Waals surface area contributed by atoms with Crippen LogP contribution in [-0.2, 0) is 11.3 Å². The fourth-order valence-electron chi connectivity index (χ4n) is 4.48. The minimum Gasteiger partial charge on any atom is -0.475 e. The van der Waals surface area contributed by atoms with Crippen LogP contribution in [-0.4, -0.2) is 66.3 Å². The molecule has 1 aliphatic carbocycles. The van der Waals surface area contributed by atoms with Gasteiger partial charge in [0, 0.05) is 50.4 Å². The predicted molar refractivity (Wildman–Crippen MR) is 127 cm³/mol. The molecule has 1 saturated heterocycles. The van der Waals surface area contributed by atoms with Crippen molar-refractivity contribution < 1.29 is 27.9 Å².